The predicted octanol–water partition coefficient (Wildman–Crippen LogP) is 4.36. The molecule has 2 aromatic rings. The van der Waals surface area contributed by atoms with Crippen LogP contribution in [0.15, 0.2) is 40.8 Å². The van der Waals surface area contributed by atoms with Crippen LogP contribution in [0.5, 0.6) is 0 Å². The molecule has 0 aliphatic carbocycles. The maximum absolute atomic E-state index is 13.6. The number of rotatable bonds is 6. The second kappa shape index (κ2) is 8.30. The molecule has 0 bridgehead atoms. The Labute approximate surface area is 148 Å². The summed E-state index contributed by atoms with van der Waals surface area (Å²) in [4.78, 5) is 14.5. The molecule has 0 saturated carbocycles. The Kier molecular flexibility index (Phi) is 5.87. The number of furan rings is 1. The lowest BCUT2D eigenvalue weighted by molar-refractivity contribution is -0.116. The Balaban J connectivity index is 1.44. The van der Waals surface area contributed by atoms with Crippen molar-refractivity contribution < 1.29 is 13.6 Å². The number of halogens is 1. The lowest BCUT2D eigenvalue weighted by Crippen LogP contribution is -2.35. The van der Waals surface area contributed by atoms with Gasteiger partial charge in [-0.15, -0.1) is 0 Å². The Bertz CT molecular complexity index is 713. The number of anilines is 1. The highest BCUT2D eigenvalue weighted by atomic mass is 19.1. The van der Waals surface area contributed by atoms with Gasteiger partial charge in [0, 0.05) is 13.0 Å². The lowest BCUT2D eigenvalue weighted by Gasteiger charge is -2.32. The molecule has 1 aromatic carbocycles. The summed E-state index contributed by atoms with van der Waals surface area (Å²) in [6.07, 6.45) is 3.53. The van der Waals surface area contributed by atoms with Crippen molar-refractivity contribution in [3.05, 3.63) is 53.7 Å². The van der Waals surface area contributed by atoms with E-state index in [4.69, 9.17) is 4.42 Å². The molecule has 1 saturated heterocycles. The first-order valence-electron chi connectivity index (χ1n) is 8.92. The minimum Gasteiger partial charge on any atom is -0.465 e. The fourth-order valence-corrected chi connectivity index (χ4v) is 3.43. The zero-order valence-electron chi connectivity index (χ0n) is 14.6. The van der Waals surface area contributed by atoms with Crippen molar-refractivity contribution in [3.63, 3.8) is 0 Å². The van der Waals surface area contributed by atoms with Gasteiger partial charge in [0.1, 0.15) is 17.3 Å². The van der Waals surface area contributed by atoms with E-state index in [1.807, 2.05) is 19.1 Å². The highest BCUT2D eigenvalue weighted by molar-refractivity contribution is 5.90. The molecule has 1 fully saturated rings. The number of aryl methyl sites for hydroxylation is 1. The smallest absolute Gasteiger partial charge is 0.224 e. The molecule has 1 atom stereocenters. The third-order valence-corrected chi connectivity index (χ3v) is 4.71. The van der Waals surface area contributed by atoms with Crippen molar-refractivity contribution in [1.29, 1.82) is 0 Å². The number of para-hydroxylation sites is 1. The Morgan fingerprint density at radius 1 is 1.32 bits per heavy atom. The van der Waals surface area contributed by atoms with Crippen molar-refractivity contribution in [3.8, 4) is 0 Å². The van der Waals surface area contributed by atoms with Gasteiger partial charge < -0.3 is 9.73 Å². The Morgan fingerprint density at radius 2 is 2.16 bits per heavy atom. The summed E-state index contributed by atoms with van der Waals surface area (Å²) >= 11 is 0. The number of carbonyl (C=O) groups is 1. The number of nitrogens with one attached hydrogen (secondary N) is 1. The molecule has 3 rings (SSSR count). The van der Waals surface area contributed by atoms with Crippen LogP contribution < -0.4 is 5.32 Å². The largest absolute Gasteiger partial charge is 0.465 e. The molecule has 4 nitrogen and oxygen atoms in total. The number of benzene rings is 1. The number of hydrogen-bond acceptors (Lipinski definition) is 3. The average molecular weight is 344 g/mol. The summed E-state index contributed by atoms with van der Waals surface area (Å²) < 4.78 is 19.2. The predicted molar refractivity (Wildman–Crippen MR) is 95.7 cm³/mol. The van der Waals surface area contributed by atoms with Crippen LogP contribution in [-0.2, 0) is 11.3 Å². The van der Waals surface area contributed by atoms with Crippen LogP contribution in [-0.4, -0.2) is 23.9 Å². The second-order valence-corrected chi connectivity index (χ2v) is 6.82. The van der Waals surface area contributed by atoms with Crippen LogP contribution in [0.3, 0.4) is 0 Å². The number of likely N-dealkylation sites (tertiary alicyclic amines) is 1. The van der Waals surface area contributed by atoms with Crippen molar-refractivity contribution in [2.24, 2.45) is 5.92 Å². The van der Waals surface area contributed by atoms with Crippen molar-refractivity contribution in [2.75, 3.05) is 18.4 Å². The van der Waals surface area contributed by atoms with Gasteiger partial charge in [-0.2, -0.15) is 0 Å². The Hall–Kier alpha value is -2.14. The van der Waals surface area contributed by atoms with E-state index in [1.54, 1.807) is 18.2 Å². The summed E-state index contributed by atoms with van der Waals surface area (Å²) in [6.45, 7) is 4.83. The van der Waals surface area contributed by atoms with Gasteiger partial charge in [-0.1, -0.05) is 12.1 Å². The fraction of sp³-hybridized carbons (Fsp3) is 0.450. The van der Waals surface area contributed by atoms with Crippen LogP contribution in [0.25, 0.3) is 0 Å². The van der Waals surface area contributed by atoms with Crippen LogP contribution >= 0.6 is 0 Å². The highest BCUT2D eigenvalue weighted by Crippen LogP contribution is 2.23. The van der Waals surface area contributed by atoms with Crippen LogP contribution in [0.4, 0.5) is 10.1 Å². The van der Waals surface area contributed by atoms with Gasteiger partial charge in [0.05, 0.1) is 12.2 Å². The van der Waals surface area contributed by atoms with E-state index < -0.39 is 5.82 Å². The van der Waals surface area contributed by atoms with Crippen LogP contribution in [0.2, 0.25) is 0 Å². The first-order valence-corrected chi connectivity index (χ1v) is 8.92. The zero-order valence-corrected chi connectivity index (χ0v) is 14.6. The minimum absolute atomic E-state index is 0.121. The maximum Gasteiger partial charge on any atom is 0.224 e. The molecule has 1 aliphatic rings. The molecule has 0 spiro atoms. The van der Waals surface area contributed by atoms with E-state index in [1.165, 1.54) is 6.07 Å². The van der Waals surface area contributed by atoms with Gasteiger partial charge >= 0.3 is 0 Å². The molecule has 0 radical (unpaired) electrons. The van der Waals surface area contributed by atoms with Gasteiger partial charge in [-0.05, 0) is 62.9 Å². The highest BCUT2D eigenvalue weighted by Gasteiger charge is 2.21. The lowest BCUT2D eigenvalue weighted by atomic mass is 9.93. The molecule has 1 N–H and O–H groups in total. The van der Waals surface area contributed by atoms with Gasteiger partial charge in [-0.25, -0.2) is 4.39 Å². The Morgan fingerprint density at radius 3 is 2.92 bits per heavy atom. The summed E-state index contributed by atoms with van der Waals surface area (Å²) in [6, 6.07) is 10.3. The van der Waals surface area contributed by atoms with E-state index in [0.29, 0.717) is 12.3 Å². The van der Waals surface area contributed by atoms with Crippen molar-refractivity contribution >= 4 is 11.6 Å². The molecule has 1 amide bonds. The first-order chi connectivity index (χ1) is 12.1. The quantitative estimate of drug-likeness (QED) is 0.847. The number of nitrogens with zero attached hydrogens (tertiary/aromatic N) is 1. The normalized spacial score (nSPS) is 18.2. The standard InChI is InChI=1S/C20H25FN2O2/c1-15-8-10-17(25-15)14-23-12-4-5-16(13-23)9-11-20(24)22-19-7-3-2-6-18(19)21/h2-3,6-8,10,16H,4-5,9,11-14H2,1H3,(H,22,24)/t16-/m0/s1. The van der Waals surface area contributed by atoms with Crippen LogP contribution in [0.1, 0.15) is 37.2 Å². The monoisotopic (exact) mass is 344 g/mol. The molecular weight excluding hydrogens is 319 g/mol. The third kappa shape index (κ3) is 5.16. The summed E-state index contributed by atoms with van der Waals surface area (Å²) in [5, 5.41) is 2.66. The minimum atomic E-state index is -0.395. The molecule has 0 unspecified atom stereocenters. The number of piperidine rings is 1. The van der Waals surface area contributed by atoms with E-state index in [2.05, 4.69) is 10.2 Å². The number of amides is 1. The van der Waals surface area contributed by atoms with Gasteiger partial charge in [0.2, 0.25) is 5.91 Å². The molecule has 1 aromatic heterocycles. The first kappa shape index (κ1) is 17.7. The molecule has 5 heteroatoms. The van der Waals surface area contributed by atoms with Crippen LogP contribution in [0, 0.1) is 18.7 Å². The van der Waals surface area contributed by atoms with Crippen molar-refractivity contribution in [1.82, 2.24) is 4.90 Å². The van der Waals surface area contributed by atoms with E-state index in [9.17, 15) is 9.18 Å². The maximum atomic E-state index is 13.6. The van der Waals surface area contributed by atoms with E-state index in [-0.39, 0.29) is 11.6 Å². The molecule has 1 aliphatic heterocycles. The molecular formula is C20H25FN2O2. The van der Waals surface area contributed by atoms with E-state index in [0.717, 1.165) is 50.4 Å². The summed E-state index contributed by atoms with van der Waals surface area (Å²) in [5.74, 6) is 1.91. The fourth-order valence-electron chi connectivity index (χ4n) is 3.43. The SMILES string of the molecule is Cc1ccc(CN2CCC[C@@H](CCC(=O)Nc3ccccc3F)C2)o1. The third-order valence-electron chi connectivity index (χ3n) is 4.71. The zero-order chi connectivity index (χ0) is 17.6. The van der Waals surface area contributed by atoms with Gasteiger partial charge in [0.25, 0.3) is 0 Å². The van der Waals surface area contributed by atoms with Gasteiger partial charge in [0.15, 0.2) is 0 Å². The summed E-state index contributed by atoms with van der Waals surface area (Å²) in [5.41, 5.74) is 0.256. The molecule has 25 heavy (non-hydrogen) atoms. The summed E-state index contributed by atoms with van der Waals surface area (Å²) in [7, 11) is 0. The molecule has 2 heterocycles. The second-order valence-electron chi connectivity index (χ2n) is 6.82. The number of hydrogen-bond donors (Lipinski definition) is 1. The molecule has 134 valence electrons. The average Bonchev–Trinajstić information content (AvgIpc) is 3.00. The van der Waals surface area contributed by atoms with Crippen molar-refractivity contribution in [2.45, 2.75) is 39.2 Å². The van der Waals surface area contributed by atoms with E-state index >= 15 is 0 Å². The topological polar surface area (TPSA) is 45.5 Å². The van der Waals surface area contributed by atoms with Gasteiger partial charge in [-0.3, -0.25) is 9.69 Å². The number of carbonyl (C=O) groups excluding carboxylic acids is 1.